The van der Waals surface area contributed by atoms with E-state index in [2.05, 4.69) is 15.3 Å². The normalized spacial score (nSPS) is 10.3. The summed E-state index contributed by atoms with van der Waals surface area (Å²) in [6, 6.07) is 4.32. The van der Waals surface area contributed by atoms with Gasteiger partial charge in [0.05, 0.1) is 17.0 Å². The fourth-order valence-corrected chi connectivity index (χ4v) is 1.62. The van der Waals surface area contributed by atoms with E-state index in [4.69, 9.17) is 0 Å². The zero-order valence-corrected chi connectivity index (χ0v) is 11.0. The smallest absolute Gasteiger partial charge is 0.270 e. The standard InChI is InChI=1S/C12H13N5O3/c1-16(2)11(18)6-13-12-9-5-8(17(19)20)3-4-10(9)14-7-15-12/h3-5,7H,6H2,1-2H3,(H,13,14,15). The minimum Gasteiger partial charge on any atom is -0.360 e. The van der Waals surface area contributed by atoms with E-state index in [9.17, 15) is 14.9 Å². The fraction of sp³-hybridized carbons (Fsp3) is 0.250. The van der Waals surface area contributed by atoms with Gasteiger partial charge in [0.25, 0.3) is 5.69 Å². The lowest BCUT2D eigenvalue weighted by Crippen LogP contribution is -2.28. The van der Waals surface area contributed by atoms with Crippen molar-refractivity contribution in [3.05, 3.63) is 34.6 Å². The number of amides is 1. The topological polar surface area (TPSA) is 101 Å². The Morgan fingerprint density at radius 1 is 1.40 bits per heavy atom. The summed E-state index contributed by atoms with van der Waals surface area (Å²) in [6.45, 7) is 0.0573. The largest absolute Gasteiger partial charge is 0.360 e. The maximum Gasteiger partial charge on any atom is 0.270 e. The van der Waals surface area contributed by atoms with Crippen LogP contribution in [0.5, 0.6) is 0 Å². The summed E-state index contributed by atoms with van der Waals surface area (Å²) < 4.78 is 0. The number of carbonyl (C=O) groups is 1. The van der Waals surface area contributed by atoms with E-state index in [1.807, 2.05) is 0 Å². The van der Waals surface area contributed by atoms with Crippen molar-refractivity contribution in [3.63, 3.8) is 0 Å². The van der Waals surface area contributed by atoms with Crippen molar-refractivity contribution in [3.8, 4) is 0 Å². The number of non-ortho nitro benzene ring substituents is 1. The quantitative estimate of drug-likeness (QED) is 0.660. The van der Waals surface area contributed by atoms with Crippen molar-refractivity contribution in [1.29, 1.82) is 0 Å². The molecule has 8 nitrogen and oxygen atoms in total. The van der Waals surface area contributed by atoms with E-state index >= 15 is 0 Å². The van der Waals surface area contributed by atoms with Gasteiger partial charge in [0.2, 0.25) is 5.91 Å². The molecule has 0 aliphatic heterocycles. The molecule has 1 N–H and O–H groups in total. The zero-order valence-electron chi connectivity index (χ0n) is 11.0. The molecule has 0 atom stereocenters. The van der Waals surface area contributed by atoms with Gasteiger partial charge in [0, 0.05) is 31.6 Å². The Morgan fingerprint density at radius 3 is 2.80 bits per heavy atom. The van der Waals surface area contributed by atoms with Crippen molar-refractivity contribution >= 4 is 28.3 Å². The lowest BCUT2D eigenvalue weighted by molar-refractivity contribution is -0.384. The van der Waals surface area contributed by atoms with E-state index in [0.717, 1.165) is 0 Å². The number of hydrogen-bond acceptors (Lipinski definition) is 6. The van der Waals surface area contributed by atoms with Crippen molar-refractivity contribution in [2.24, 2.45) is 0 Å². The molecule has 104 valence electrons. The van der Waals surface area contributed by atoms with Crippen molar-refractivity contribution in [2.45, 2.75) is 0 Å². The van der Waals surface area contributed by atoms with Gasteiger partial charge < -0.3 is 10.2 Å². The monoisotopic (exact) mass is 275 g/mol. The average molecular weight is 275 g/mol. The number of nitro benzene ring substituents is 1. The SMILES string of the molecule is CN(C)C(=O)CNc1ncnc2ccc([N+](=O)[O-])cc12. The Hall–Kier alpha value is -2.77. The fourth-order valence-electron chi connectivity index (χ4n) is 1.62. The second kappa shape index (κ2) is 5.47. The number of benzene rings is 1. The number of nitrogens with one attached hydrogen (secondary N) is 1. The Bertz CT molecular complexity index is 671. The number of hydrogen-bond donors (Lipinski definition) is 1. The average Bonchev–Trinajstić information content (AvgIpc) is 2.43. The van der Waals surface area contributed by atoms with Gasteiger partial charge in [-0.05, 0) is 6.07 Å². The molecule has 0 saturated heterocycles. The van der Waals surface area contributed by atoms with Gasteiger partial charge in [-0.2, -0.15) is 0 Å². The summed E-state index contributed by atoms with van der Waals surface area (Å²) in [5, 5.41) is 14.2. The predicted molar refractivity (Wildman–Crippen MR) is 73.4 cm³/mol. The van der Waals surface area contributed by atoms with Crippen LogP contribution in [0.2, 0.25) is 0 Å². The number of fused-ring (bicyclic) bond motifs is 1. The molecule has 1 heterocycles. The highest BCUT2D eigenvalue weighted by atomic mass is 16.6. The summed E-state index contributed by atoms with van der Waals surface area (Å²) in [6.07, 6.45) is 1.34. The Morgan fingerprint density at radius 2 is 2.15 bits per heavy atom. The van der Waals surface area contributed by atoms with Gasteiger partial charge >= 0.3 is 0 Å². The van der Waals surface area contributed by atoms with E-state index in [0.29, 0.717) is 16.7 Å². The van der Waals surface area contributed by atoms with Crippen LogP contribution in [-0.4, -0.2) is 46.3 Å². The minimum absolute atomic E-state index is 0.0470. The van der Waals surface area contributed by atoms with Gasteiger partial charge in [-0.1, -0.05) is 0 Å². The number of nitrogens with zero attached hydrogens (tertiary/aromatic N) is 4. The van der Waals surface area contributed by atoms with Crippen LogP contribution >= 0.6 is 0 Å². The Labute approximate surface area is 114 Å². The molecule has 0 fully saturated rings. The molecule has 0 saturated carbocycles. The van der Waals surface area contributed by atoms with E-state index in [1.54, 1.807) is 20.2 Å². The first-order valence-electron chi connectivity index (χ1n) is 5.82. The second-order valence-corrected chi connectivity index (χ2v) is 4.32. The molecule has 20 heavy (non-hydrogen) atoms. The van der Waals surface area contributed by atoms with Crippen LogP contribution in [0.15, 0.2) is 24.5 Å². The molecule has 2 aromatic rings. The van der Waals surface area contributed by atoms with Gasteiger partial charge in [-0.15, -0.1) is 0 Å². The molecule has 0 unspecified atom stereocenters. The summed E-state index contributed by atoms with van der Waals surface area (Å²) in [4.78, 5) is 31.4. The van der Waals surface area contributed by atoms with Gasteiger partial charge in [0.1, 0.15) is 12.1 Å². The highest BCUT2D eigenvalue weighted by Gasteiger charge is 2.11. The number of anilines is 1. The molecule has 1 aromatic heterocycles. The van der Waals surface area contributed by atoms with E-state index in [1.165, 1.54) is 23.4 Å². The van der Waals surface area contributed by atoms with Crippen LogP contribution < -0.4 is 5.32 Å². The van der Waals surface area contributed by atoms with Crippen molar-refractivity contribution in [1.82, 2.24) is 14.9 Å². The minimum atomic E-state index is -0.485. The lowest BCUT2D eigenvalue weighted by Gasteiger charge is -2.12. The van der Waals surface area contributed by atoms with Crippen LogP contribution in [0.3, 0.4) is 0 Å². The van der Waals surface area contributed by atoms with Crippen molar-refractivity contribution in [2.75, 3.05) is 26.0 Å². The number of rotatable bonds is 4. The molecule has 1 amide bonds. The Kier molecular flexibility index (Phi) is 3.74. The molecule has 8 heteroatoms. The van der Waals surface area contributed by atoms with Crippen LogP contribution in [0, 0.1) is 10.1 Å². The first kappa shape index (κ1) is 13.7. The van der Waals surface area contributed by atoms with E-state index in [-0.39, 0.29) is 18.1 Å². The Balaban J connectivity index is 2.35. The molecule has 0 bridgehead atoms. The van der Waals surface area contributed by atoms with Gasteiger partial charge in [0.15, 0.2) is 0 Å². The van der Waals surface area contributed by atoms with Crippen LogP contribution in [-0.2, 0) is 4.79 Å². The molecular formula is C12H13N5O3. The molecule has 0 aliphatic rings. The maximum absolute atomic E-state index is 11.5. The number of nitro groups is 1. The lowest BCUT2D eigenvalue weighted by atomic mass is 10.2. The molecule has 1 aromatic carbocycles. The van der Waals surface area contributed by atoms with Crippen LogP contribution in [0.4, 0.5) is 11.5 Å². The van der Waals surface area contributed by atoms with E-state index < -0.39 is 4.92 Å². The van der Waals surface area contributed by atoms with Crippen LogP contribution in [0.1, 0.15) is 0 Å². The number of likely N-dealkylation sites (N-methyl/N-ethyl adjacent to an activating group) is 1. The summed E-state index contributed by atoms with van der Waals surface area (Å²) >= 11 is 0. The van der Waals surface area contributed by atoms with Gasteiger partial charge in [-0.25, -0.2) is 9.97 Å². The predicted octanol–water partition coefficient (Wildman–Crippen LogP) is 1.04. The molecule has 0 aliphatic carbocycles. The highest BCUT2D eigenvalue weighted by molar-refractivity contribution is 5.92. The second-order valence-electron chi connectivity index (χ2n) is 4.32. The molecular weight excluding hydrogens is 262 g/mol. The summed E-state index contributed by atoms with van der Waals surface area (Å²) in [5.41, 5.74) is 0.527. The number of carbonyl (C=O) groups excluding carboxylic acids is 1. The maximum atomic E-state index is 11.5. The first-order valence-corrected chi connectivity index (χ1v) is 5.82. The zero-order chi connectivity index (χ0) is 14.7. The third-order valence-electron chi connectivity index (χ3n) is 2.74. The van der Waals surface area contributed by atoms with Crippen molar-refractivity contribution < 1.29 is 9.72 Å². The number of aromatic nitrogens is 2. The summed E-state index contributed by atoms with van der Waals surface area (Å²) in [7, 11) is 3.29. The third kappa shape index (κ3) is 2.79. The molecule has 0 spiro atoms. The highest BCUT2D eigenvalue weighted by Crippen LogP contribution is 2.23. The molecule has 0 radical (unpaired) electrons. The first-order chi connectivity index (χ1) is 9.49. The molecule has 2 rings (SSSR count). The van der Waals surface area contributed by atoms with Crippen LogP contribution in [0.25, 0.3) is 10.9 Å². The third-order valence-corrected chi connectivity index (χ3v) is 2.74. The van der Waals surface area contributed by atoms with Gasteiger partial charge in [-0.3, -0.25) is 14.9 Å². The summed E-state index contributed by atoms with van der Waals surface area (Å²) in [5.74, 6) is 0.274.